The smallest absolute Gasteiger partial charge is 0.317 e. The lowest BCUT2D eigenvalue weighted by Gasteiger charge is -2.42. The van der Waals surface area contributed by atoms with E-state index in [1.54, 1.807) is 0 Å². The first-order chi connectivity index (χ1) is 12.5. The molecule has 2 heterocycles. The zero-order valence-corrected chi connectivity index (χ0v) is 15.1. The van der Waals surface area contributed by atoms with Crippen molar-refractivity contribution in [3.05, 3.63) is 70.8 Å². The number of likely N-dealkylation sites (tertiary alicyclic amines) is 1. The Morgan fingerprint density at radius 2 is 1.88 bits per heavy atom. The lowest BCUT2D eigenvalue weighted by Crippen LogP contribution is -2.49. The van der Waals surface area contributed by atoms with E-state index in [0.29, 0.717) is 18.1 Å². The first-order valence-corrected chi connectivity index (χ1v) is 9.14. The summed E-state index contributed by atoms with van der Waals surface area (Å²) >= 11 is 6.21. The minimum atomic E-state index is -0.789. The molecule has 5 heteroatoms. The molecular formula is C21H20ClNO3. The number of carboxylic acids is 1. The standard InChI is InChI=1S/C21H20ClNO3/c22-16-6-7-17-18(15-4-2-1-3-5-15)13-21(26-19(17)12-16)8-10-23(11-9-21)14-20(24)25/h1-7,12-13H,8-11,14H2,(H,24,25). The molecule has 2 aromatic carbocycles. The second-order valence-corrected chi connectivity index (χ2v) is 7.34. The van der Waals surface area contributed by atoms with Crippen LogP contribution in [0.4, 0.5) is 0 Å². The fraction of sp³-hybridized carbons (Fsp3) is 0.286. The van der Waals surface area contributed by atoms with E-state index in [2.05, 4.69) is 18.2 Å². The Morgan fingerprint density at radius 1 is 1.15 bits per heavy atom. The van der Waals surface area contributed by atoms with Crippen LogP contribution in [-0.2, 0) is 4.79 Å². The number of aliphatic carboxylic acids is 1. The maximum absolute atomic E-state index is 11.0. The number of piperidine rings is 1. The Kier molecular flexibility index (Phi) is 4.47. The quantitative estimate of drug-likeness (QED) is 0.885. The summed E-state index contributed by atoms with van der Waals surface area (Å²) in [5.41, 5.74) is 2.92. The van der Waals surface area contributed by atoms with E-state index in [1.165, 1.54) is 0 Å². The molecule has 0 saturated carbocycles. The molecule has 1 fully saturated rings. The van der Waals surface area contributed by atoms with Gasteiger partial charge in [-0.15, -0.1) is 0 Å². The summed E-state index contributed by atoms with van der Waals surface area (Å²) in [5, 5.41) is 9.67. The second kappa shape index (κ2) is 6.78. The van der Waals surface area contributed by atoms with Gasteiger partial charge < -0.3 is 9.84 Å². The lowest BCUT2D eigenvalue weighted by atomic mass is 9.83. The molecule has 1 saturated heterocycles. The van der Waals surface area contributed by atoms with Crippen molar-refractivity contribution in [2.24, 2.45) is 0 Å². The van der Waals surface area contributed by atoms with Crippen molar-refractivity contribution in [1.82, 2.24) is 4.90 Å². The van der Waals surface area contributed by atoms with Gasteiger partial charge in [0.1, 0.15) is 11.4 Å². The largest absolute Gasteiger partial charge is 0.482 e. The minimum absolute atomic E-state index is 0.0771. The van der Waals surface area contributed by atoms with Crippen LogP contribution in [0.3, 0.4) is 0 Å². The van der Waals surface area contributed by atoms with Crippen molar-refractivity contribution in [3.8, 4) is 5.75 Å². The van der Waals surface area contributed by atoms with Gasteiger partial charge in [-0.1, -0.05) is 41.9 Å². The molecule has 0 atom stereocenters. The summed E-state index contributed by atoms with van der Waals surface area (Å²) in [6.45, 7) is 1.47. The molecule has 0 aliphatic carbocycles. The van der Waals surface area contributed by atoms with Gasteiger partial charge >= 0.3 is 5.97 Å². The van der Waals surface area contributed by atoms with Crippen molar-refractivity contribution in [2.75, 3.05) is 19.6 Å². The van der Waals surface area contributed by atoms with Crippen LogP contribution in [0.25, 0.3) is 5.57 Å². The molecule has 4 rings (SSSR count). The van der Waals surface area contributed by atoms with E-state index >= 15 is 0 Å². The summed E-state index contributed by atoms with van der Waals surface area (Å²) in [6, 6.07) is 16.0. The summed E-state index contributed by atoms with van der Waals surface area (Å²) < 4.78 is 6.41. The van der Waals surface area contributed by atoms with E-state index in [1.807, 2.05) is 41.3 Å². The van der Waals surface area contributed by atoms with Crippen LogP contribution < -0.4 is 4.74 Å². The fourth-order valence-corrected chi connectivity index (χ4v) is 3.94. The normalized spacial score (nSPS) is 18.7. The number of benzene rings is 2. The molecule has 0 amide bonds. The van der Waals surface area contributed by atoms with Crippen LogP contribution in [0, 0.1) is 0 Å². The zero-order chi connectivity index (χ0) is 18.1. The molecule has 1 spiro atoms. The molecule has 0 bridgehead atoms. The van der Waals surface area contributed by atoms with Crippen molar-refractivity contribution in [1.29, 1.82) is 0 Å². The van der Waals surface area contributed by atoms with Crippen LogP contribution in [0.5, 0.6) is 5.75 Å². The maximum atomic E-state index is 11.0. The van der Waals surface area contributed by atoms with Gasteiger partial charge in [0.2, 0.25) is 0 Å². The first-order valence-electron chi connectivity index (χ1n) is 8.76. The minimum Gasteiger partial charge on any atom is -0.482 e. The Labute approximate surface area is 157 Å². The summed E-state index contributed by atoms with van der Waals surface area (Å²) in [5.74, 6) is 0.00805. The van der Waals surface area contributed by atoms with E-state index in [0.717, 1.165) is 35.3 Å². The summed E-state index contributed by atoms with van der Waals surface area (Å²) in [7, 11) is 0. The average Bonchev–Trinajstić information content (AvgIpc) is 2.63. The Morgan fingerprint density at radius 3 is 2.58 bits per heavy atom. The monoisotopic (exact) mass is 369 g/mol. The van der Waals surface area contributed by atoms with Gasteiger partial charge in [-0.3, -0.25) is 9.69 Å². The van der Waals surface area contributed by atoms with Gasteiger partial charge in [-0.05, 0) is 35.4 Å². The van der Waals surface area contributed by atoms with Crippen LogP contribution in [0.2, 0.25) is 5.02 Å². The number of carboxylic acid groups (broad SMARTS) is 1. The van der Waals surface area contributed by atoms with E-state index in [9.17, 15) is 4.79 Å². The molecule has 2 aliphatic heterocycles. The average molecular weight is 370 g/mol. The maximum Gasteiger partial charge on any atom is 0.317 e. The van der Waals surface area contributed by atoms with Crippen LogP contribution in [-0.4, -0.2) is 41.2 Å². The highest BCUT2D eigenvalue weighted by molar-refractivity contribution is 6.30. The van der Waals surface area contributed by atoms with Gasteiger partial charge in [0, 0.05) is 36.5 Å². The highest BCUT2D eigenvalue weighted by Crippen LogP contribution is 2.44. The molecule has 4 nitrogen and oxygen atoms in total. The fourth-order valence-electron chi connectivity index (χ4n) is 3.78. The number of carbonyl (C=O) groups is 1. The van der Waals surface area contributed by atoms with E-state index in [-0.39, 0.29) is 6.54 Å². The first kappa shape index (κ1) is 17.1. The third kappa shape index (κ3) is 3.35. The molecular weight excluding hydrogens is 350 g/mol. The SMILES string of the molecule is O=C(O)CN1CCC2(C=C(c3ccccc3)c3ccc(Cl)cc3O2)CC1. The number of rotatable bonds is 3. The topological polar surface area (TPSA) is 49.8 Å². The van der Waals surface area contributed by atoms with Gasteiger partial charge in [0.05, 0.1) is 6.54 Å². The molecule has 0 unspecified atom stereocenters. The van der Waals surface area contributed by atoms with Gasteiger partial charge in [0.15, 0.2) is 0 Å². The predicted octanol–water partition coefficient (Wildman–Crippen LogP) is 4.08. The lowest BCUT2D eigenvalue weighted by molar-refractivity contribution is -0.139. The Hall–Kier alpha value is -2.30. The third-order valence-electron chi connectivity index (χ3n) is 5.10. The number of nitrogens with zero attached hydrogens (tertiary/aromatic N) is 1. The third-order valence-corrected chi connectivity index (χ3v) is 5.34. The summed E-state index contributed by atoms with van der Waals surface area (Å²) in [6.07, 6.45) is 3.72. The number of hydrogen-bond acceptors (Lipinski definition) is 3. The predicted molar refractivity (Wildman–Crippen MR) is 102 cm³/mol. The van der Waals surface area contributed by atoms with Crippen LogP contribution in [0.1, 0.15) is 24.0 Å². The number of fused-ring (bicyclic) bond motifs is 1. The number of ether oxygens (including phenoxy) is 1. The highest BCUT2D eigenvalue weighted by atomic mass is 35.5. The Balaban J connectivity index is 1.70. The van der Waals surface area contributed by atoms with Crippen molar-refractivity contribution in [2.45, 2.75) is 18.4 Å². The van der Waals surface area contributed by atoms with Crippen LogP contribution in [0.15, 0.2) is 54.6 Å². The zero-order valence-electron chi connectivity index (χ0n) is 14.3. The number of halogens is 1. The molecule has 134 valence electrons. The molecule has 26 heavy (non-hydrogen) atoms. The van der Waals surface area contributed by atoms with Crippen molar-refractivity contribution >= 4 is 23.1 Å². The highest BCUT2D eigenvalue weighted by Gasteiger charge is 2.39. The van der Waals surface area contributed by atoms with Crippen molar-refractivity contribution in [3.63, 3.8) is 0 Å². The molecule has 0 aromatic heterocycles. The van der Waals surface area contributed by atoms with Crippen LogP contribution >= 0.6 is 11.6 Å². The summed E-state index contributed by atoms with van der Waals surface area (Å²) in [4.78, 5) is 12.9. The molecule has 2 aliphatic rings. The van der Waals surface area contributed by atoms with E-state index in [4.69, 9.17) is 21.4 Å². The molecule has 0 radical (unpaired) electrons. The van der Waals surface area contributed by atoms with Crippen molar-refractivity contribution < 1.29 is 14.6 Å². The van der Waals surface area contributed by atoms with Gasteiger partial charge in [-0.2, -0.15) is 0 Å². The van der Waals surface area contributed by atoms with Gasteiger partial charge in [0.25, 0.3) is 0 Å². The second-order valence-electron chi connectivity index (χ2n) is 6.90. The van der Waals surface area contributed by atoms with Gasteiger partial charge in [-0.25, -0.2) is 0 Å². The molecule has 2 aromatic rings. The number of hydrogen-bond donors (Lipinski definition) is 1. The molecule has 1 N–H and O–H groups in total. The van der Waals surface area contributed by atoms with E-state index < -0.39 is 11.6 Å². The Bertz CT molecular complexity index is 855.